The van der Waals surface area contributed by atoms with Gasteiger partial charge in [-0.1, -0.05) is 23.7 Å². The topological polar surface area (TPSA) is 62.3 Å². The molecule has 0 saturated carbocycles. The van der Waals surface area contributed by atoms with Crippen molar-refractivity contribution in [1.82, 2.24) is 15.2 Å². The Morgan fingerprint density at radius 3 is 2.60 bits per heavy atom. The average Bonchev–Trinajstić information content (AvgIpc) is 3.25. The second kappa shape index (κ2) is 7.97. The maximum absolute atomic E-state index is 12.4. The zero-order chi connectivity index (χ0) is 17.8. The second-order valence-electron chi connectivity index (χ2n) is 6.03. The van der Waals surface area contributed by atoms with Crippen LogP contribution in [0.1, 0.15) is 34.6 Å². The third-order valence-electron chi connectivity index (χ3n) is 4.18. The molecule has 0 unspecified atom stereocenters. The summed E-state index contributed by atoms with van der Waals surface area (Å²) in [5.74, 6) is -0.0647. The summed E-state index contributed by atoms with van der Waals surface area (Å²) in [7, 11) is 0. The van der Waals surface area contributed by atoms with Crippen molar-refractivity contribution in [2.75, 3.05) is 19.6 Å². The maximum Gasteiger partial charge on any atom is 0.263 e. The monoisotopic (exact) mass is 377 g/mol. The summed E-state index contributed by atoms with van der Waals surface area (Å²) in [6.07, 6.45) is 2.49. The summed E-state index contributed by atoms with van der Waals surface area (Å²) in [6, 6.07) is 7.38. The van der Waals surface area contributed by atoms with Crippen LogP contribution in [0.15, 0.2) is 24.3 Å². The van der Waals surface area contributed by atoms with Crippen LogP contribution in [0.5, 0.6) is 0 Å². The van der Waals surface area contributed by atoms with Crippen LogP contribution >= 0.6 is 22.9 Å². The van der Waals surface area contributed by atoms with E-state index in [1.807, 2.05) is 24.0 Å². The predicted molar refractivity (Wildman–Crippen MR) is 100 cm³/mol. The summed E-state index contributed by atoms with van der Waals surface area (Å²) in [5.41, 5.74) is 1.62. The van der Waals surface area contributed by atoms with Gasteiger partial charge in [0.25, 0.3) is 5.91 Å². The van der Waals surface area contributed by atoms with Crippen LogP contribution in [0, 0.1) is 6.92 Å². The van der Waals surface area contributed by atoms with Crippen LogP contribution in [0.4, 0.5) is 0 Å². The van der Waals surface area contributed by atoms with E-state index in [9.17, 15) is 9.59 Å². The fourth-order valence-corrected chi connectivity index (χ4v) is 3.92. The molecule has 1 saturated heterocycles. The molecule has 0 atom stereocenters. The molecular weight excluding hydrogens is 358 g/mol. The molecule has 1 aliphatic rings. The summed E-state index contributed by atoms with van der Waals surface area (Å²) in [6.45, 7) is 3.85. The zero-order valence-corrected chi connectivity index (χ0v) is 15.6. The van der Waals surface area contributed by atoms with Crippen molar-refractivity contribution < 1.29 is 9.59 Å². The third kappa shape index (κ3) is 4.38. The number of carbonyl (C=O) groups is 2. The first kappa shape index (κ1) is 17.9. The molecule has 3 rings (SSSR count). The number of rotatable bonds is 5. The summed E-state index contributed by atoms with van der Waals surface area (Å²) in [5, 5.41) is 4.28. The van der Waals surface area contributed by atoms with Crippen LogP contribution < -0.4 is 5.32 Å². The van der Waals surface area contributed by atoms with E-state index in [1.165, 1.54) is 11.3 Å². The number of thiazole rings is 1. The second-order valence-corrected chi connectivity index (χ2v) is 7.47. The highest BCUT2D eigenvalue weighted by Gasteiger charge is 2.19. The maximum atomic E-state index is 12.4. The minimum atomic E-state index is -0.176. The minimum Gasteiger partial charge on any atom is -0.351 e. The number of benzene rings is 1. The predicted octanol–water partition coefficient (Wildman–Crippen LogP) is 3.51. The Balaban J connectivity index is 1.58. The normalized spacial score (nSPS) is 13.9. The van der Waals surface area contributed by atoms with E-state index in [0.29, 0.717) is 28.6 Å². The lowest BCUT2D eigenvalue weighted by molar-refractivity contribution is -0.129. The van der Waals surface area contributed by atoms with Crippen LogP contribution in [0.2, 0.25) is 5.02 Å². The van der Waals surface area contributed by atoms with Crippen molar-refractivity contribution in [3.05, 3.63) is 39.9 Å². The molecular formula is C18H20ClN3O2S. The van der Waals surface area contributed by atoms with Crippen molar-refractivity contribution in [3.8, 4) is 10.6 Å². The fourth-order valence-electron chi connectivity index (χ4n) is 2.81. The lowest BCUT2D eigenvalue weighted by atomic mass is 10.2. The first-order valence-electron chi connectivity index (χ1n) is 8.34. The SMILES string of the molecule is Cc1nc(-c2ccc(Cl)cc2)sc1C(=O)NCCC(=O)N1CCCC1. The van der Waals surface area contributed by atoms with Gasteiger partial charge in [0.15, 0.2) is 0 Å². The quantitative estimate of drug-likeness (QED) is 0.867. The van der Waals surface area contributed by atoms with Gasteiger partial charge < -0.3 is 10.2 Å². The van der Waals surface area contributed by atoms with Gasteiger partial charge in [-0.25, -0.2) is 4.98 Å². The Bertz CT molecular complexity index is 767. The van der Waals surface area contributed by atoms with Crippen LogP contribution in [-0.2, 0) is 4.79 Å². The summed E-state index contributed by atoms with van der Waals surface area (Å²) >= 11 is 7.25. The van der Waals surface area contributed by atoms with Gasteiger partial charge in [0.2, 0.25) is 5.91 Å². The van der Waals surface area contributed by atoms with E-state index in [4.69, 9.17) is 11.6 Å². The molecule has 1 aromatic carbocycles. The number of hydrogen-bond donors (Lipinski definition) is 1. The summed E-state index contributed by atoms with van der Waals surface area (Å²) in [4.78, 5) is 31.3. The smallest absolute Gasteiger partial charge is 0.263 e. The molecule has 0 radical (unpaired) electrons. The number of likely N-dealkylation sites (tertiary alicyclic amines) is 1. The molecule has 25 heavy (non-hydrogen) atoms. The van der Waals surface area contributed by atoms with E-state index in [2.05, 4.69) is 10.3 Å². The standard InChI is InChI=1S/C18H20ClN3O2S/c1-12-16(25-18(21-12)13-4-6-14(19)7-5-13)17(24)20-9-8-15(23)22-10-2-3-11-22/h4-7H,2-3,8-11H2,1H3,(H,20,24). The van der Waals surface area contributed by atoms with Crippen molar-refractivity contribution in [2.24, 2.45) is 0 Å². The van der Waals surface area contributed by atoms with Crippen molar-refractivity contribution in [3.63, 3.8) is 0 Å². The molecule has 2 heterocycles. The molecule has 2 amide bonds. The lowest BCUT2D eigenvalue weighted by Crippen LogP contribution is -2.32. The van der Waals surface area contributed by atoms with E-state index in [0.717, 1.165) is 36.5 Å². The zero-order valence-electron chi connectivity index (χ0n) is 14.0. The first-order valence-corrected chi connectivity index (χ1v) is 9.53. The summed E-state index contributed by atoms with van der Waals surface area (Å²) < 4.78 is 0. The van der Waals surface area contributed by atoms with Gasteiger partial charge in [-0.2, -0.15) is 0 Å². The number of nitrogens with zero attached hydrogens (tertiary/aromatic N) is 2. The molecule has 0 aliphatic carbocycles. The van der Waals surface area contributed by atoms with Crippen molar-refractivity contribution >= 4 is 34.8 Å². The van der Waals surface area contributed by atoms with E-state index in [-0.39, 0.29) is 11.8 Å². The fraction of sp³-hybridized carbons (Fsp3) is 0.389. The van der Waals surface area contributed by atoms with Crippen LogP contribution in [0.25, 0.3) is 10.6 Å². The number of aromatic nitrogens is 1. The molecule has 1 aromatic heterocycles. The highest BCUT2D eigenvalue weighted by atomic mass is 35.5. The van der Waals surface area contributed by atoms with Crippen molar-refractivity contribution in [2.45, 2.75) is 26.2 Å². The minimum absolute atomic E-state index is 0.112. The van der Waals surface area contributed by atoms with Gasteiger partial charge in [-0.05, 0) is 31.9 Å². The molecule has 1 fully saturated rings. The lowest BCUT2D eigenvalue weighted by Gasteiger charge is -2.15. The Hall–Kier alpha value is -1.92. The molecule has 132 valence electrons. The molecule has 2 aromatic rings. The number of aryl methyl sites for hydroxylation is 1. The van der Waals surface area contributed by atoms with E-state index >= 15 is 0 Å². The Morgan fingerprint density at radius 1 is 1.24 bits per heavy atom. The molecule has 1 N–H and O–H groups in total. The highest BCUT2D eigenvalue weighted by molar-refractivity contribution is 7.17. The Kier molecular flexibility index (Phi) is 5.71. The van der Waals surface area contributed by atoms with Crippen LogP contribution in [0.3, 0.4) is 0 Å². The highest BCUT2D eigenvalue weighted by Crippen LogP contribution is 2.28. The Labute approximate surface area is 156 Å². The Morgan fingerprint density at radius 2 is 1.92 bits per heavy atom. The largest absolute Gasteiger partial charge is 0.351 e. The third-order valence-corrected chi connectivity index (χ3v) is 5.63. The molecule has 1 aliphatic heterocycles. The van der Waals surface area contributed by atoms with Gasteiger partial charge in [0, 0.05) is 36.6 Å². The molecule has 0 bridgehead atoms. The van der Waals surface area contributed by atoms with E-state index < -0.39 is 0 Å². The van der Waals surface area contributed by atoms with Gasteiger partial charge in [0.1, 0.15) is 9.88 Å². The van der Waals surface area contributed by atoms with Gasteiger partial charge in [0.05, 0.1) is 5.69 Å². The van der Waals surface area contributed by atoms with Crippen LogP contribution in [-0.4, -0.2) is 41.3 Å². The number of halogens is 1. The van der Waals surface area contributed by atoms with Crippen molar-refractivity contribution in [1.29, 1.82) is 0 Å². The number of amides is 2. The van der Waals surface area contributed by atoms with Gasteiger partial charge >= 0.3 is 0 Å². The first-order chi connectivity index (χ1) is 12.0. The number of carbonyl (C=O) groups excluding carboxylic acids is 2. The number of nitrogens with one attached hydrogen (secondary N) is 1. The van der Waals surface area contributed by atoms with Gasteiger partial charge in [-0.3, -0.25) is 9.59 Å². The average molecular weight is 378 g/mol. The molecule has 7 heteroatoms. The molecule has 0 spiro atoms. The number of hydrogen-bond acceptors (Lipinski definition) is 4. The van der Waals surface area contributed by atoms with E-state index in [1.54, 1.807) is 12.1 Å². The molecule has 5 nitrogen and oxygen atoms in total. The van der Waals surface area contributed by atoms with Gasteiger partial charge in [-0.15, -0.1) is 11.3 Å².